The Morgan fingerprint density at radius 2 is 1.57 bits per heavy atom. The number of benzene rings is 1. The lowest BCUT2D eigenvalue weighted by Crippen LogP contribution is -2.15. The van der Waals surface area contributed by atoms with Crippen LogP contribution in [0.25, 0.3) is 0 Å². The Balaban J connectivity index is 2.66. The van der Waals surface area contributed by atoms with Crippen LogP contribution in [0.3, 0.4) is 0 Å². The van der Waals surface area contributed by atoms with Crippen molar-refractivity contribution in [2.75, 3.05) is 0 Å². The van der Waals surface area contributed by atoms with E-state index in [1.165, 1.54) is 13.8 Å². The van der Waals surface area contributed by atoms with Crippen LogP contribution in [-0.4, -0.2) is 17.7 Å². The van der Waals surface area contributed by atoms with E-state index >= 15 is 0 Å². The van der Waals surface area contributed by atoms with Gasteiger partial charge >= 0.3 is 11.9 Å². The second kappa shape index (κ2) is 10.4. The van der Waals surface area contributed by atoms with E-state index in [4.69, 9.17) is 9.47 Å². The molecule has 0 bridgehead atoms. The van der Waals surface area contributed by atoms with Gasteiger partial charge in [-0.2, -0.15) is 0 Å². The summed E-state index contributed by atoms with van der Waals surface area (Å²) in [6.45, 7) is 12.4. The molecule has 5 nitrogen and oxygen atoms in total. The molecule has 2 atom stereocenters. The number of hydrogen-bond acceptors (Lipinski definition) is 5. The van der Waals surface area contributed by atoms with Crippen LogP contribution in [0.4, 0.5) is 0 Å². The minimum absolute atomic E-state index is 0.00279. The minimum atomic E-state index is -0.448. The monoisotopic (exact) mass is 412 g/mol. The summed E-state index contributed by atoms with van der Waals surface area (Å²) in [4.78, 5) is 35.8. The zero-order valence-corrected chi connectivity index (χ0v) is 18.7. The van der Waals surface area contributed by atoms with Crippen LogP contribution in [0.5, 0.6) is 11.5 Å². The van der Waals surface area contributed by atoms with Crippen molar-refractivity contribution in [1.82, 2.24) is 0 Å². The molecule has 162 valence electrons. The molecular weight excluding hydrogens is 380 g/mol. The highest BCUT2D eigenvalue weighted by molar-refractivity contribution is 5.94. The number of allylic oxidation sites excluding steroid dienone is 3. The van der Waals surface area contributed by atoms with Crippen molar-refractivity contribution in [2.24, 2.45) is 5.92 Å². The summed E-state index contributed by atoms with van der Waals surface area (Å²) in [5.74, 6) is -0.445. The molecule has 0 aromatic heterocycles. The molecule has 0 aliphatic heterocycles. The van der Waals surface area contributed by atoms with Crippen molar-refractivity contribution in [2.45, 2.75) is 72.6 Å². The van der Waals surface area contributed by atoms with Gasteiger partial charge in [0.1, 0.15) is 11.5 Å². The highest BCUT2D eigenvalue weighted by atomic mass is 16.5. The van der Waals surface area contributed by atoms with E-state index < -0.39 is 11.9 Å². The first-order valence-electron chi connectivity index (χ1n) is 10.5. The molecule has 0 N–H and O–H groups in total. The minimum Gasteiger partial charge on any atom is -0.426 e. The van der Waals surface area contributed by atoms with Crippen molar-refractivity contribution in [1.29, 1.82) is 0 Å². The third-order valence-electron chi connectivity index (χ3n) is 5.41. The van der Waals surface area contributed by atoms with Crippen LogP contribution in [0.1, 0.15) is 77.3 Å². The van der Waals surface area contributed by atoms with Gasteiger partial charge in [0.2, 0.25) is 0 Å². The second-order valence-corrected chi connectivity index (χ2v) is 8.08. The molecule has 2 rings (SSSR count). The molecule has 5 heteroatoms. The number of ketones is 1. The van der Waals surface area contributed by atoms with Gasteiger partial charge in [0.05, 0.1) is 0 Å². The van der Waals surface area contributed by atoms with Crippen molar-refractivity contribution >= 4 is 17.7 Å². The van der Waals surface area contributed by atoms with Gasteiger partial charge in [-0.3, -0.25) is 14.4 Å². The number of rotatable bonds is 9. The average Bonchev–Trinajstić information content (AvgIpc) is 3.06. The standard InChI is InChI=1S/C25H32O5/c1-7-8-9-10-19-11-23(29-17(5)27)25(24(12-19)30-18(6)28)22-14-20(16(4)26)13-21(22)15(2)3/h11-12,14,21-22H,2,7-10,13H2,1,3-6H3/t21-,22+/m0/s1. The van der Waals surface area contributed by atoms with Gasteiger partial charge < -0.3 is 9.47 Å². The van der Waals surface area contributed by atoms with Gasteiger partial charge in [-0.15, -0.1) is 0 Å². The zero-order valence-electron chi connectivity index (χ0n) is 18.7. The molecule has 30 heavy (non-hydrogen) atoms. The number of unbranched alkanes of at least 4 members (excludes halogenated alkanes) is 2. The smallest absolute Gasteiger partial charge is 0.308 e. The number of aryl methyl sites for hydroxylation is 1. The molecule has 1 aliphatic rings. The van der Waals surface area contributed by atoms with Crippen LogP contribution in [0.15, 0.2) is 35.9 Å². The molecule has 1 aromatic rings. The number of ether oxygens (including phenoxy) is 2. The van der Waals surface area contributed by atoms with Gasteiger partial charge in [0, 0.05) is 25.3 Å². The molecule has 1 aliphatic carbocycles. The normalized spacial score (nSPS) is 18.0. The molecule has 0 spiro atoms. The van der Waals surface area contributed by atoms with Crippen molar-refractivity contribution in [3.8, 4) is 11.5 Å². The molecule has 0 fully saturated rings. The molecule has 0 saturated heterocycles. The number of esters is 2. The quantitative estimate of drug-likeness (QED) is 0.233. The van der Waals surface area contributed by atoms with Crippen molar-refractivity contribution in [3.05, 3.63) is 47.1 Å². The fraction of sp³-hybridized carbons (Fsp3) is 0.480. The van der Waals surface area contributed by atoms with Gasteiger partial charge in [-0.05, 0) is 62.3 Å². The highest BCUT2D eigenvalue weighted by Gasteiger charge is 2.35. The summed E-state index contributed by atoms with van der Waals surface area (Å²) < 4.78 is 11.2. The Hall–Kier alpha value is -2.69. The third-order valence-corrected chi connectivity index (χ3v) is 5.41. The molecule has 0 radical (unpaired) electrons. The maximum atomic E-state index is 12.0. The lowest BCUT2D eigenvalue weighted by Gasteiger charge is -2.25. The lowest BCUT2D eigenvalue weighted by atomic mass is 9.83. The fourth-order valence-electron chi connectivity index (χ4n) is 3.98. The third kappa shape index (κ3) is 5.91. The van der Waals surface area contributed by atoms with Gasteiger partial charge in [0.25, 0.3) is 0 Å². The number of Topliss-reactive ketones (excluding diaryl/α,β-unsaturated/α-hetero) is 1. The van der Waals surface area contributed by atoms with E-state index in [2.05, 4.69) is 13.5 Å². The van der Waals surface area contributed by atoms with Gasteiger partial charge in [-0.1, -0.05) is 38.0 Å². The predicted molar refractivity (Wildman–Crippen MR) is 117 cm³/mol. The molecule has 0 unspecified atom stereocenters. The first-order valence-corrected chi connectivity index (χ1v) is 10.5. The predicted octanol–water partition coefficient (Wildman–Crippen LogP) is 5.46. The molecule has 0 amide bonds. The summed E-state index contributed by atoms with van der Waals surface area (Å²) >= 11 is 0. The Morgan fingerprint density at radius 3 is 2.00 bits per heavy atom. The van der Waals surface area contributed by atoms with E-state index in [0.29, 0.717) is 29.1 Å². The summed E-state index contributed by atoms with van der Waals surface area (Å²) in [7, 11) is 0. The van der Waals surface area contributed by atoms with E-state index in [-0.39, 0.29) is 17.6 Å². The summed E-state index contributed by atoms with van der Waals surface area (Å²) in [5, 5.41) is 0. The van der Waals surface area contributed by atoms with Crippen molar-refractivity contribution in [3.63, 3.8) is 0 Å². The molecule has 1 aromatic carbocycles. The van der Waals surface area contributed by atoms with Gasteiger partial charge in [-0.25, -0.2) is 0 Å². The SMILES string of the molecule is C=C(C)[C@@H]1CC(C(C)=O)=C[C@H]1c1c(OC(C)=O)cc(CCCCC)cc1OC(C)=O. The average molecular weight is 413 g/mol. The van der Waals surface area contributed by atoms with E-state index in [1.54, 1.807) is 6.92 Å². The molecule has 0 saturated carbocycles. The largest absolute Gasteiger partial charge is 0.426 e. The Bertz CT molecular complexity index is 841. The Morgan fingerprint density at radius 1 is 1.00 bits per heavy atom. The maximum absolute atomic E-state index is 12.0. The second-order valence-electron chi connectivity index (χ2n) is 8.08. The Labute approximate surface area is 179 Å². The Kier molecular flexibility index (Phi) is 8.16. The number of carbonyl (C=O) groups is 3. The zero-order chi connectivity index (χ0) is 22.4. The first kappa shape index (κ1) is 23.6. The number of hydrogen-bond donors (Lipinski definition) is 0. The fourth-order valence-corrected chi connectivity index (χ4v) is 3.98. The summed E-state index contributed by atoms with van der Waals surface area (Å²) in [5.41, 5.74) is 3.19. The van der Waals surface area contributed by atoms with Crippen LogP contribution < -0.4 is 9.47 Å². The van der Waals surface area contributed by atoms with Crippen LogP contribution in [0.2, 0.25) is 0 Å². The number of carbonyl (C=O) groups excluding carboxylic acids is 3. The van der Waals surface area contributed by atoms with E-state index in [9.17, 15) is 14.4 Å². The summed E-state index contributed by atoms with van der Waals surface area (Å²) in [6.07, 6.45) is 6.41. The highest BCUT2D eigenvalue weighted by Crippen LogP contribution is 2.49. The van der Waals surface area contributed by atoms with Crippen LogP contribution in [-0.2, 0) is 20.8 Å². The first-order chi connectivity index (χ1) is 14.1. The van der Waals surface area contributed by atoms with Crippen molar-refractivity contribution < 1.29 is 23.9 Å². The topological polar surface area (TPSA) is 69.7 Å². The van der Waals surface area contributed by atoms with Crippen LogP contribution in [0, 0.1) is 5.92 Å². The molecule has 0 heterocycles. The lowest BCUT2D eigenvalue weighted by molar-refractivity contribution is -0.132. The summed E-state index contributed by atoms with van der Waals surface area (Å²) in [6, 6.07) is 3.71. The van der Waals surface area contributed by atoms with Crippen LogP contribution >= 0.6 is 0 Å². The van der Waals surface area contributed by atoms with Gasteiger partial charge in [0.15, 0.2) is 5.78 Å². The molecular formula is C25H32O5. The maximum Gasteiger partial charge on any atom is 0.308 e. The van der Waals surface area contributed by atoms with E-state index in [0.717, 1.165) is 36.8 Å². The van der Waals surface area contributed by atoms with E-state index in [1.807, 2.05) is 25.1 Å².